The lowest BCUT2D eigenvalue weighted by Crippen LogP contribution is -2.03. The van der Waals surface area contributed by atoms with Crippen molar-refractivity contribution in [2.45, 2.75) is 26.7 Å². The average Bonchev–Trinajstić information content (AvgIpc) is 2.33. The number of aryl methyl sites for hydroxylation is 1. The van der Waals surface area contributed by atoms with E-state index >= 15 is 0 Å². The van der Waals surface area contributed by atoms with Crippen LogP contribution in [0.1, 0.15) is 35.6 Å². The van der Waals surface area contributed by atoms with Crippen molar-refractivity contribution >= 4 is 5.57 Å². The first-order chi connectivity index (χ1) is 7.72. The fourth-order valence-corrected chi connectivity index (χ4v) is 1.85. The van der Waals surface area contributed by atoms with Gasteiger partial charge in [0.2, 0.25) is 0 Å². The Hall–Kier alpha value is -1.95. The number of allylic oxidation sites excluding steroid dienone is 4. The summed E-state index contributed by atoms with van der Waals surface area (Å²) < 4.78 is 0. The normalized spacial score (nSPS) is 14.4. The van der Waals surface area contributed by atoms with Gasteiger partial charge in [-0.05, 0) is 32.3 Å². The predicted octanol–water partition coefficient (Wildman–Crippen LogP) is 2.70. The molecule has 0 spiro atoms. The summed E-state index contributed by atoms with van der Waals surface area (Å²) in [7, 11) is 0. The highest BCUT2D eigenvalue weighted by molar-refractivity contribution is 5.68. The average molecular weight is 211 g/mol. The van der Waals surface area contributed by atoms with Gasteiger partial charge in [0.15, 0.2) is 0 Å². The molecule has 3 heteroatoms. The Bertz CT molecular complexity index is 519. The minimum Gasteiger partial charge on any atom is -0.233 e. The zero-order valence-corrected chi connectivity index (χ0v) is 9.49. The van der Waals surface area contributed by atoms with Crippen molar-refractivity contribution in [1.82, 2.24) is 9.97 Å². The predicted molar refractivity (Wildman–Crippen MR) is 62.6 cm³/mol. The third-order valence-corrected chi connectivity index (χ3v) is 2.68. The van der Waals surface area contributed by atoms with E-state index in [9.17, 15) is 0 Å². The van der Waals surface area contributed by atoms with Gasteiger partial charge in [0.1, 0.15) is 17.6 Å². The fourth-order valence-electron chi connectivity index (χ4n) is 1.85. The van der Waals surface area contributed by atoms with Crippen LogP contribution in [0.5, 0.6) is 0 Å². The van der Waals surface area contributed by atoms with Crippen molar-refractivity contribution in [1.29, 1.82) is 5.26 Å². The van der Waals surface area contributed by atoms with Gasteiger partial charge in [-0.25, -0.2) is 9.97 Å². The van der Waals surface area contributed by atoms with E-state index < -0.39 is 0 Å². The monoisotopic (exact) mass is 211 g/mol. The number of hydrogen-bond donors (Lipinski definition) is 0. The van der Waals surface area contributed by atoms with Gasteiger partial charge in [-0.1, -0.05) is 18.2 Å². The molecule has 0 aliphatic heterocycles. The zero-order valence-electron chi connectivity index (χ0n) is 9.49. The van der Waals surface area contributed by atoms with Crippen molar-refractivity contribution in [2.75, 3.05) is 0 Å². The van der Waals surface area contributed by atoms with Crippen LogP contribution in [0.25, 0.3) is 5.57 Å². The number of nitriles is 1. The Kier molecular flexibility index (Phi) is 2.82. The largest absolute Gasteiger partial charge is 0.233 e. The molecule has 1 aliphatic carbocycles. The molecule has 0 N–H and O–H groups in total. The first kappa shape index (κ1) is 10.6. The molecule has 3 nitrogen and oxygen atoms in total. The van der Waals surface area contributed by atoms with Gasteiger partial charge in [-0.2, -0.15) is 5.26 Å². The lowest BCUT2D eigenvalue weighted by molar-refractivity contribution is 0.966. The molecular weight excluding hydrogens is 198 g/mol. The maximum absolute atomic E-state index is 8.99. The third-order valence-electron chi connectivity index (χ3n) is 2.68. The summed E-state index contributed by atoms with van der Waals surface area (Å²) >= 11 is 0. The van der Waals surface area contributed by atoms with Crippen LogP contribution in [0.3, 0.4) is 0 Å². The van der Waals surface area contributed by atoms with Crippen LogP contribution < -0.4 is 0 Å². The Labute approximate surface area is 95.2 Å². The Morgan fingerprint density at radius 1 is 1.31 bits per heavy atom. The van der Waals surface area contributed by atoms with Crippen molar-refractivity contribution < 1.29 is 0 Å². The third kappa shape index (κ3) is 1.87. The van der Waals surface area contributed by atoms with E-state index in [4.69, 9.17) is 5.26 Å². The lowest BCUT2D eigenvalue weighted by Gasteiger charge is -2.12. The van der Waals surface area contributed by atoms with Crippen LogP contribution in [0.15, 0.2) is 18.2 Å². The summed E-state index contributed by atoms with van der Waals surface area (Å²) in [6, 6.07) is 2.12. The molecule has 0 amide bonds. The van der Waals surface area contributed by atoms with Crippen LogP contribution in [-0.4, -0.2) is 9.97 Å². The van der Waals surface area contributed by atoms with E-state index in [0.29, 0.717) is 11.5 Å². The minimum absolute atomic E-state index is 0.484. The molecule has 0 atom stereocenters. The SMILES string of the molecule is Cc1nc(C#N)c(C)c(C2=CC=CCC2)n1. The number of aromatic nitrogens is 2. The Balaban J connectivity index is 2.56. The molecule has 0 bridgehead atoms. The Morgan fingerprint density at radius 3 is 2.75 bits per heavy atom. The van der Waals surface area contributed by atoms with Gasteiger partial charge >= 0.3 is 0 Å². The summed E-state index contributed by atoms with van der Waals surface area (Å²) in [5.74, 6) is 0.660. The van der Waals surface area contributed by atoms with E-state index in [1.54, 1.807) is 0 Å². The second kappa shape index (κ2) is 4.28. The molecule has 0 radical (unpaired) electrons. The van der Waals surface area contributed by atoms with Gasteiger partial charge in [0, 0.05) is 5.56 Å². The van der Waals surface area contributed by atoms with Crippen molar-refractivity contribution in [3.05, 3.63) is 41.0 Å². The van der Waals surface area contributed by atoms with E-state index in [-0.39, 0.29) is 0 Å². The van der Waals surface area contributed by atoms with Crippen LogP contribution in [0.2, 0.25) is 0 Å². The van der Waals surface area contributed by atoms with Gasteiger partial charge in [0.25, 0.3) is 0 Å². The number of hydrogen-bond acceptors (Lipinski definition) is 3. The summed E-state index contributed by atoms with van der Waals surface area (Å²) in [5.41, 5.74) is 3.49. The van der Waals surface area contributed by atoms with Gasteiger partial charge in [-0.3, -0.25) is 0 Å². The molecule has 2 rings (SSSR count). The highest BCUT2D eigenvalue weighted by atomic mass is 14.9. The summed E-state index contributed by atoms with van der Waals surface area (Å²) in [4.78, 5) is 8.57. The molecule has 0 unspecified atom stereocenters. The van der Waals surface area contributed by atoms with E-state index in [2.05, 4.69) is 28.2 Å². The van der Waals surface area contributed by atoms with Crippen molar-refractivity contribution in [2.24, 2.45) is 0 Å². The molecular formula is C13H13N3. The maximum Gasteiger partial charge on any atom is 0.147 e. The van der Waals surface area contributed by atoms with Gasteiger partial charge in [0.05, 0.1) is 5.69 Å². The first-order valence-corrected chi connectivity index (χ1v) is 5.34. The highest BCUT2D eigenvalue weighted by Crippen LogP contribution is 2.25. The van der Waals surface area contributed by atoms with Crippen molar-refractivity contribution in [3.63, 3.8) is 0 Å². The standard InChI is InChI=1S/C13H13N3/c1-9-12(8-14)15-10(2)16-13(9)11-6-4-3-5-7-11/h3-4,6H,5,7H2,1-2H3. The highest BCUT2D eigenvalue weighted by Gasteiger charge is 2.13. The molecule has 0 saturated heterocycles. The maximum atomic E-state index is 8.99. The fraction of sp³-hybridized carbons (Fsp3) is 0.308. The number of nitrogens with zero attached hydrogens (tertiary/aromatic N) is 3. The molecule has 0 aromatic carbocycles. The first-order valence-electron chi connectivity index (χ1n) is 5.34. The smallest absolute Gasteiger partial charge is 0.147 e. The van der Waals surface area contributed by atoms with Gasteiger partial charge < -0.3 is 0 Å². The molecule has 0 saturated carbocycles. The topological polar surface area (TPSA) is 49.6 Å². The molecule has 0 fully saturated rings. The summed E-state index contributed by atoms with van der Waals surface area (Å²) in [5, 5.41) is 8.99. The molecule has 1 aromatic heterocycles. The van der Waals surface area contributed by atoms with Crippen LogP contribution in [0.4, 0.5) is 0 Å². The van der Waals surface area contributed by atoms with Crippen LogP contribution in [-0.2, 0) is 0 Å². The summed E-state index contributed by atoms with van der Waals surface area (Å²) in [6.45, 7) is 3.73. The Morgan fingerprint density at radius 2 is 2.12 bits per heavy atom. The second-order valence-corrected chi connectivity index (χ2v) is 3.86. The lowest BCUT2D eigenvalue weighted by atomic mass is 9.98. The summed E-state index contributed by atoms with van der Waals surface area (Å²) in [6.07, 6.45) is 8.27. The van der Waals surface area contributed by atoms with Crippen LogP contribution in [0, 0.1) is 25.2 Å². The van der Waals surface area contributed by atoms with E-state index in [1.807, 2.05) is 19.9 Å². The molecule has 1 heterocycles. The molecule has 1 aliphatic rings. The van der Waals surface area contributed by atoms with E-state index in [1.165, 1.54) is 5.57 Å². The van der Waals surface area contributed by atoms with Gasteiger partial charge in [-0.15, -0.1) is 0 Å². The molecule has 16 heavy (non-hydrogen) atoms. The second-order valence-electron chi connectivity index (χ2n) is 3.86. The molecule has 1 aromatic rings. The molecule has 80 valence electrons. The minimum atomic E-state index is 0.484. The zero-order chi connectivity index (χ0) is 11.5. The van der Waals surface area contributed by atoms with E-state index in [0.717, 1.165) is 24.1 Å². The van der Waals surface area contributed by atoms with Crippen LogP contribution >= 0.6 is 0 Å². The number of rotatable bonds is 1. The quantitative estimate of drug-likeness (QED) is 0.717. The van der Waals surface area contributed by atoms with Crippen molar-refractivity contribution in [3.8, 4) is 6.07 Å².